The van der Waals surface area contributed by atoms with Crippen molar-refractivity contribution in [2.75, 3.05) is 16.8 Å². The first-order valence-corrected chi connectivity index (χ1v) is 7.27. The Bertz CT molecular complexity index is 712. The fourth-order valence-electron chi connectivity index (χ4n) is 2.33. The van der Waals surface area contributed by atoms with E-state index < -0.39 is 0 Å². The number of anilines is 2. The van der Waals surface area contributed by atoms with Gasteiger partial charge in [0.1, 0.15) is 5.82 Å². The zero-order valence-corrected chi connectivity index (χ0v) is 12.4. The van der Waals surface area contributed by atoms with Gasteiger partial charge in [-0.25, -0.2) is 9.78 Å². The molecule has 2 aliphatic rings. The lowest BCUT2D eigenvalue weighted by Crippen LogP contribution is -2.34. The van der Waals surface area contributed by atoms with Crippen molar-refractivity contribution in [1.29, 1.82) is 0 Å². The van der Waals surface area contributed by atoms with E-state index in [9.17, 15) is 4.79 Å². The molecular weight excluding hydrogens is 274 g/mol. The molecule has 110 valence electrons. The zero-order valence-electron chi connectivity index (χ0n) is 12.4. The lowest BCUT2D eigenvalue weighted by molar-refractivity contribution is 0.257. The number of hydrogen-bond donors (Lipinski definition) is 1. The van der Waals surface area contributed by atoms with Crippen LogP contribution in [0.4, 0.5) is 16.3 Å². The van der Waals surface area contributed by atoms with Gasteiger partial charge in [-0.1, -0.05) is 42.5 Å². The predicted octanol–water partition coefficient (Wildman–Crippen LogP) is 4.24. The van der Waals surface area contributed by atoms with Crippen LogP contribution in [0.5, 0.6) is 0 Å². The van der Waals surface area contributed by atoms with Gasteiger partial charge >= 0.3 is 6.03 Å². The molecule has 0 saturated heterocycles. The highest BCUT2D eigenvalue weighted by molar-refractivity contribution is 6.01. The van der Waals surface area contributed by atoms with Crippen molar-refractivity contribution in [3.8, 4) is 11.3 Å². The van der Waals surface area contributed by atoms with E-state index in [4.69, 9.17) is 0 Å². The zero-order chi connectivity index (χ0) is 15.4. The minimum atomic E-state index is -0.180. The summed E-state index contributed by atoms with van der Waals surface area (Å²) in [5.41, 5.74) is 2.67. The van der Waals surface area contributed by atoms with Crippen LogP contribution in [0, 0.1) is 0 Å². The van der Waals surface area contributed by atoms with Crippen molar-refractivity contribution in [2.45, 2.75) is 6.92 Å². The Hall–Kier alpha value is -2.88. The van der Waals surface area contributed by atoms with E-state index in [1.807, 2.05) is 73.7 Å². The third kappa shape index (κ3) is 2.91. The monoisotopic (exact) mass is 291 g/mol. The molecule has 22 heavy (non-hydrogen) atoms. The quantitative estimate of drug-likeness (QED) is 0.784. The number of aromatic nitrogens is 1. The van der Waals surface area contributed by atoms with E-state index in [1.54, 1.807) is 4.90 Å². The number of carbonyl (C=O) groups is 1. The first-order chi connectivity index (χ1) is 10.8. The number of rotatable bonds is 3. The number of urea groups is 1. The summed E-state index contributed by atoms with van der Waals surface area (Å²) in [6.45, 7) is 2.48. The van der Waals surface area contributed by atoms with Gasteiger partial charge in [0.15, 0.2) is 0 Å². The Morgan fingerprint density at radius 2 is 1.73 bits per heavy atom. The second-order valence-corrected chi connectivity index (χ2v) is 4.91. The second kappa shape index (κ2) is 6.26. The topological polar surface area (TPSA) is 45.2 Å². The van der Waals surface area contributed by atoms with E-state index >= 15 is 0 Å². The smallest absolute Gasteiger partial charge is 0.308 e. The summed E-state index contributed by atoms with van der Waals surface area (Å²) in [5.74, 6) is 0.664. The molecule has 0 fully saturated rings. The van der Waals surface area contributed by atoms with Crippen molar-refractivity contribution in [1.82, 2.24) is 4.98 Å². The maximum Gasteiger partial charge on any atom is 0.327 e. The molecule has 1 aliphatic heterocycles. The van der Waals surface area contributed by atoms with Gasteiger partial charge in [-0.15, -0.1) is 0 Å². The van der Waals surface area contributed by atoms with Crippen molar-refractivity contribution in [2.24, 2.45) is 0 Å². The van der Waals surface area contributed by atoms with E-state index in [2.05, 4.69) is 10.3 Å². The maximum atomic E-state index is 12.5. The number of carbonyl (C=O) groups excluding carboxylic acids is 1. The number of amides is 2. The van der Waals surface area contributed by atoms with Gasteiger partial charge in [0.25, 0.3) is 0 Å². The second-order valence-electron chi connectivity index (χ2n) is 4.91. The standard InChI is InChI=1S/C18H17N3O/c1-2-21(18(22)19-15-10-6-4-7-11-15)17-13-14-9-5-3-8-12-16(14)20-17/h3-13H,2H2,1H3,(H,19,22). The van der Waals surface area contributed by atoms with E-state index in [1.165, 1.54) is 0 Å². The molecule has 1 N–H and O–H groups in total. The minimum Gasteiger partial charge on any atom is -0.308 e. The molecule has 0 unspecified atom stereocenters. The van der Waals surface area contributed by atoms with Gasteiger partial charge < -0.3 is 5.32 Å². The first-order valence-electron chi connectivity index (χ1n) is 7.27. The van der Waals surface area contributed by atoms with Crippen molar-refractivity contribution in [3.63, 3.8) is 0 Å². The molecule has 1 aromatic carbocycles. The normalized spacial score (nSPS) is 10.4. The Kier molecular flexibility index (Phi) is 4.01. The van der Waals surface area contributed by atoms with Crippen LogP contribution in [0.1, 0.15) is 6.92 Å². The summed E-state index contributed by atoms with van der Waals surface area (Å²) in [5, 5.41) is 2.89. The van der Waals surface area contributed by atoms with Crippen LogP contribution < -0.4 is 10.2 Å². The van der Waals surface area contributed by atoms with Crippen LogP contribution in [0.2, 0.25) is 0 Å². The molecule has 2 amide bonds. The van der Waals surface area contributed by atoms with Gasteiger partial charge in [-0.2, -0.15) is 0 Å². The van der Waals surface area contributed by atoms with E-state index in [0.29, 0.717) is 12.4 Å². The highest BCUT2D eigenvalue weighted by Gasteiger charge is 2.18. The van der Waals surface area contributed by atoms with Crippen LogP contribution in [-0.2, 0) is 0 Å². The molecule has 0 radical (unpaired) electrons. The summed E-state index contributed by atoms with van der Waals surface area (Å²) in [4.78, 5) is 18.6. The van der Waals surface area contributed by atoms with Crippen LogP contribution >= 0.6 is 0 Å². The average Bonchev–Trinajstić information content (AvgIpc) is 2.79. The molecule has 3 rings (SSSR count). The van der Waals surface area contributed by atoms with E-state index in [-0.39, 0.29) is 6.03 Å². The fraction of sp³-hybridized carbons (Fsp3) is 0.111. The highest BCUT2D eigenvalue weighted by atomic mass is 16.2. The molecule has 1 heterocycles. The minimum absolute atomic E-state index is 0.180. The molecule has 1 aliphatic carbocycles. The molecule has 4 nitrogen and oxygen atoms in total. The average molecular weight is 291 g/mol. The summed E-state index contributed by atoms with van der Waals surface area (Å²) >= 11 is 0. The molecule has 0 spiro atoms. The molecule has 0 atom stereocenters. The van der Waals surface area contributed by atoms with Gasteiger partial charge in [0.2, 0.25) is 0 Å². The highest BCUT2D eigenvalue weighted by Crippen LogP contribution is 2.26. The molecule has 0 bridgehead atoms. The van der Waals surface area contributed by atoms with Crippen molar-refractivity contribution < 1.29 is 4.79 Å². The van der Waals surface area contributed by atoms with Crippen LogP contribution in [0.25, 0.3) is 11.3 Å². The number of fused-ring (bicyclic) bond motifs is 1. The Balaban J connectivity index is 1.86. The van der Waals surface area contributed by atoms with Crippen LogP contribution in [0.15, 0.2) is 66.7 Å². The third-order valence-electron chi connectivity index (χ3n) is 3.43. The fourth-order valence-corrected chi connectivity index (χ4v) is 2.33. The van der Waals surface area contributed by atoms with Crippen molar-refractivity contribution in [3.05, 3.63) is 66.7 Å². The van der Waals surface area contributed by atoms with E-state index in [0.717, 1.165) is 16.9 Å². The summed E-state index contributed by atoms with van der Waals surface area (Å²) in [6, 6.07) is 21.0. The molecule has 4 heteroatoms. The van der Waals surface area contributed by atoms with Gasteiger partial charge in [-0.3, -0.25) is 4.90 Å². The molecular formula is C18H17N3O. The first kappa shape index (κ1) is 14.1. The number of nitrogens with one attached hydrogen (secondary N) is 1. The van der Waals surface area contributed by atoms with Gasteiger partial charge in [-0.05, 0) is 31.2 Å². The third-order valence-corrected chi connectivity index (χ3v) is 3.43. The number of nitrogens with zero attached hydrogens (tertiary/aromatic N) is 2. The summed E-state index contributed by atoms with van der Waals surface area (Å²) < 4.78 is 0. The number of para-hydroxylation sites is 1. The maximum absolute atomic E-state index is 12.5. The molecule has 0 saturated carbocycles. The molecule has 1 aromatic rings. The predicted molar refractivity (Wildman–Crippen MR) is 89.3 cm³/mol. The largest absolute Gasteiger partial charge is 0.327 e. The number of hydrogen-bond acceptors (Lipinski definition) is 2. The molecule has 0 aromatic heterocycles. The lowest BCUT2D eigenvalue weighted by atomic mass is 10.2. The van der Waals surface area contributed by atoms with Gasteiger partial charge in [0, 0.05) is 17.8 Å². The van der Waals surface area contributed by atoms with Crippen LogP contribution in [0.3, 0.4) is 0 Å². The van der Waals surface area contributed by atoms with Crippen molar-refractivity contribution >= 4 is 17.5 Å². The summed E-state index contributed by atoms with van der Waals surface area (Å²) in [6.07, 6.45) is 0. The Morgan fingerprint density at radius 1 is 1.05 bits per heavy atom. The Morgan fingerprint density at radius 3 is 2.45 bits per heavy atom. The lowest BCUT2D eigenvalue weighted by Gasteiger charge is -2.19. The summed E-state index contributed by atoms with van der Waals surface area (Å²) in [7, 11) is 0. The van der Waals surface area contributed by atoms with Gasteiger partial charge in [0.05, 0.1) is 5.69 Å². The SMILES string of the molecule is CCN(C(=O)Nc1ccccc1)c1cc2cccccc-2n1. The Labute approximate surface area is 129 Å². The van der Waals surface area contributed by atoms with Crippen LogP contribution in [-0.4, -0.2) is 17.6 Å². The number of benzene rings is 1.